The average molecular weight is 704 g/mol. The topological polar surface area (TPSA) is 16.4 Å². The first-order chi connectivity index (χ1) is 27.3. The normalized spacial score (nSPS) is 11.6. The van der Waals surface area contributed by atoms with Gasteiger partial charge in [0, 0.05) is 33.4 Å². The largest absolute Gasteiger partial charge is 0.456 e. The van der Waals surface area contributed by atoms with Crippen LogP contribution < -0.4 is 4.90 Å². The van der Waals surface area contributed by atoms with Crippen LogP contribution in [0.15, 0.2) is 229 Å². The van der Waals surface area contributed by atoms with Crippen LogP contribution >= 0.6 is 0 Å². The maximum atomic E-state index is 6.79. The summed E-state index contributed by atoms with van der Waals surface area (Å²) in [5, 5.41) is 4.73. The molecule has 9 aromatic carbocycles. The first-order valence-electron chi connectivity index (χ1n) is 18.8. The van der Waals surface area contributed by atoms with Crippen LogP contribution in [0.2, 0.25) is 0 Å². The quantitative estimate of drug-likeness (QED) is 0.147. The molecule has 0 aliphatic heterocycles. The Balaban J connectivity index is 1.14. The van der Waals surface area contributed by atoms with E-state index in [4.69, 9.17) is 4.42 Å². The van der Waals surface area contributed by atoms with E-state index in [1.54, 1.807) is 0 Å². The molecule has 55 heavy (non-hydrogen) atoms. The summed E-state index contributed by atoms with van der Waals surface area (Å²) < 4.78 is 6.79. The summed E-state index contributed by atoms with van der Waals surface area (Å²) in [6, 6.07) is 80.5. The molecule has 0 amide bonds. The molecule has 0 aliphatic rings. The van der Waals surface area contributed by atoms with Gasteiger partial charge in [0.15, 0.2) is 0 Å². The minimum absolute atomic E-state index is 0.673. The Hall–Kier alpha value is -7.16. The SMILES string of the molecule is c1ccc(N(c2ccc(-c3ccc4ccccc4c3)cc2)c2ccc(C(c3ccccc3)(c3ccccc3)c3cccc4c3oc3ccccc34)cc2)cc1. The van der Waals surface area contributed by atoms with E-state index in [9.17, 15) is 0 Å². The van der Waals surface area contributed by atoms with Gasteiger partial charge in [-0.1, -0.05) is 176 Å². The summed E-state index contributed by atoms with van der Waals surface area (Å²) in [7, 11) is 0. The van der Waals surface area contributed by atoms with Crippen molar-refractivity contribution < 1.29 is 4.42 Å². The monoisotopic (exact) mass is 703 g/mol. The second-order valence-corrected chi connectivity index (χ2v) is 14.1. The number of anilines is 3. The van der Waals surface area contributed by atoms with Gasteiger partial charge < -0.3 is 9.32 Å². The maximum absolute atomic E-state index is 6.79. The molecule has 0 atom stereocenters. The molecule has 260 valence electrons. The van der Waals surface area contributed by atoms with Gasteiger partial charge in [0.2, 0.25) is 0 Å². The van der Waals surface area contributed by atoms with Crippen molar-refractivity contribution in [3.8, 4) is 11.1 Å². The van der Waals surface area contributed by atoms with Crippen LogP contribution in [0, 0.1) is 0 Å². The van der Waals surface area contributed by atoms with Crippen molar-refractivity contribution >= 4 is 49.8 Å². The zero-order valence-corrected chi connectivity index (χ0v) is 30.2. The summed E-state index contributed by atoms with van der Waals surface area (Å²) in [5.74, 6) is 0. The molecule has 0 fully saturated rings. The van der Waals surface area contributed by atoms with Gasteiger partial charge in [-0.25, -0.2) is 0 Å². The lowest BCUT2D eigenvalue weighted by Gasteiger charge is -2.37. The van der Waals surface area contributed by atoms with Gasteiger partial charge in [0.05, 0.1) is 5.41 Å². The number of para-hydroxylation sites is 3. The molecule has 0 unspecified atom stereocenters. The van der Waals surface area contributed by atoms with Crippen molar-refractivity contribution in [2.45, 2.75) is 5.41 Å². The molecule has 1 heterocycles. The maximum Gasteiger partial charge on any atom is 0.140 e. The Labute approximate surface area is 321 Å². The standard InChI is InChI=1S/C53H37NO/c1-4-17-42(18-5-1)53(43-19-6-2-7-20-43,50-25-14-24-49-48-23-12-13-26-51(48)55-52(49)50)44-31-35-47(36-32-44)54(45-21-8-3-9-22-45)46-33-29-39(30-34-46)41-28-27-38-15-10-11-16-40(38)37-41/h1-37H. The molecule has 0 bridgehead atoms. The summed E-state index contributed by atoms with van der Waals surface area (Å²) >= 11 is 0. The van der Waals surface area contributed by atoms with Crippen LogP contribution in [0.25, 0.3) is 43.8 Å². The van der Waals surface area contributed by atoms with Crippen molar-refractivity contribution in [2.75, 3.05) is 4.90 Å². The zero-order valence-electron chi connectivity index (χ0n) is 30.2. The molecule has 0 spiro atoms. The predicted molar refractivity (Wildman–Crippen MR) is 230 cm³/mol. The molecule has 2 nitrogen and oxygen atoms in total. The van der Waals surface area contributed by atoms with Crippen LogP contribution in [0.5, 0.6) is 0 Å². The molecule has 10 rings (SSSR count). The highest BCUT2D eigenvalue weighted by molar-refractivity contribution is 6.06. The lowest BCUT2D eigenvalue weighted by molar-refractivity contribution is 0.645. The molecule has 10 aromatic rings. The van der Waals surface area contributed by atoms with Gasteiger partial charge >= 0.3 is 0 Å². The highest BCUT2D eigenvalue weighted by Gasteiger charge is 2.40. The van der Waals surface area contributed by atoms with E-state index in [0.29, 0.717) is 0 Å². The summed E-state index contributed by atoms with van der Waals surface area (Å²) in [4.78, 5) is 2.33. The Morgan fingerprint density at radius 1 is 0.345 bits per heavy atom. The van der Waals surface area contributed by atoms with Crippen molar-refractivity contribution in [3.63, 3.8) is 0 Å². The molecular formula is C53H37NO. The minimum Gasteiger partial charge on any atom is -0.456 e. The van der Waals surface area contributed by atoms with E-state index < -0.39 is 5.41 Å². The third-order valence-corrected chi connectivity index (χ3v) is 11.0. The van der Waals surface area contributed by atoms with Gasteiger partial charge in [-0.2, -0.15) is 0 Å². The number of nitrogens with zero attached hydrogens (tertiary/aromatic N) is 1. The molecule has 1 aromatic heterocycles. The van der Waals surface area contributed by atoms with Crippen LogP contribution in [0.3, 0.4) is 0 Å². The van der Waals surface area contributed by atoms with E-state index in [1.165, 1.54) is 33.0 Å². The highest BCUT2D eigenvalue weighted by atomic mass is 16.3. The molecular weight excluding hydrogens is 667 g/mol. The van der Waals surface area contributed by atoms with Crippen molar-refractivity contribution in [3.05, 3.63) is 247 Å². The second-order valence-electron chi connectivity index (χ2n) is 14.1. The third kappa shape index (κ3) is 5.59. The highest BCUT2D eigenvalue weighted by Crippen LogP contribution is 2.49. The number of benzene rings is 9. The first-order valence-corrected chi connectivity index (χ1v) is 18.8. The Morgan fingerprint density at radius 2 is 0.855 bits per heavy atom. The van der Waals surface area contributed by atoms with Crippen molar-refractivity contribution in [1.29, 1.82) is 0 Å². The van der Waals surface area contributed by atoms with E-state index in [0.717, 1.165) is 50.1 Å². The summed E-state index contributed by atoms with van der Waals surface area (Å²) in [5.41, 5.74) is 11.4. The van der Waals surface area contributed by atoms with Gasteiger partial charge in [0.1, 0.15) is 11.2 Å². The van der Waals surface area contributed by atoms with Crippen LogP contribution in [0.4, 0.5) is 17.1 Å². The first kappa shape index (κ1) is 32.5. The van der Waals surface area contributed by atoms with Crippen LogP contribution in [-0.4, -0.2) is 0 Å². The molecule has 0 aliphatic carbocycles. The molecule has 0 saturated heterocycles. The predicted octanol–water partition coefficient (Wildman–Crippen LogP) is 14.3. The lowest BCUT2D eigenvalue weighted by Crippen LogP contribution is -2.31. The molecule has 0 saturated carbocycles. The lowest BCUT2D eigenvalue weighted by atomic mass is 9.65. The molecule has 0 N–H and O–H groups in total. The fourth-order valence-electron chi connectivity index (χ4n) is 8.44. The number of rotatable bonds is 8. The van der Waals surface area contributed by atoms with Gasteiger partial charge in [0.25, 0.3) is 0 Å². The van der Waals surface area contributed by atoms with Gasteiger partial charge in [-0.15, -0.1) is 0 Å². The smallest absolute Gasteiger partial charge is 0.140 e. The van der Waals surface area contributed by atoms with Crippen molar-refractivity contribution in [2.24, 2.45) is 0 Å². The Bertz CT molecular complexity index is 2860. The molecule has 0 radical (unpaired) electrons. The second kappa shape index (κ2) is 13.7. The Morgan fingerprint density at radius 3 is 1.55 bits per heavy atom. The van der Waals surface area contributed by atoms with E-state index in [1.807, 2.05) is 6.07 Å². The fraction of sp³-hybridized carbons (Fsp3) is 0.0189. The fourth-order valence-corrected chi connectivity index (χ4v) is 8.44. The van der Waals surface area contributed by atoms with Crippen molar-refractivity contribution in [1.82, 2.24) is 0 Å². The van der Waals surface area contributed by atoms with Crippen LogP contribution in [-0.2, 0) is 5.41 Å². The van der Waals surface area contributed by atoms with E-state index >= 15 is 0 Å². The van der Waals surface area contributed by atoms with Gasteiger partial charge in [-0.05, 0) is 87.1 Å². The number of furan rings is 1. The number of hydrogen-bond donors (Lipinski definition) is 0. The zero-order chi connectivity index (χ0) is 36.6. The third-order valence-electron chi connectivity index (χ3n) is 11.0. The van der Waals surface area contributed by atoms with Gasteiger partial charge in [-0.3, -0.25) is 0 Å². The number of fused-ring (bicyclic) bond motifs is 4. The van der Waals surface area contributed by atoms with Crippen LogP contribution in [0.1, 0.15) is 22.3 Å². The van der Waals surface area contributed by atoms with E-state index in [-0.39, 0.29) is 0 Å². The Kier molecular flexibility index (Phi) is 8.08. The average Bonchev–Trinajstić information content (AvgIpc) is 3.65. The van der Waals surface area contributed by atoms with E-state index in [2.05, 4.69) is 223 Å². The number of hydrogen-bond acceptors (Lipinski definition) is 2. The summed E-state index contributed by atoms with van der Waals surface area (Å²) in [6.45, 7) is 0. The minimum atomic E-state index is -0.673. The summed E-state index contributed by atoms with van der Waals surface area (Å²) in [6.07, 6.45) is 0. The molecule has 2 heteroatoms.